The Bertz CT molecular complexity index is 2160. The van der Waals surface area contributed by atoms with E-state index >= 15 is 0 Å². The van der Waals surface area contributed by atoms with Crippen LogP contribution in [0.4, 0.5) is 4.39 Å². The van der Waals surface area contributed by atoms with Crippen molar-refractivity contribution in [2.75, 3.05) is 0 Å². The van der Waals surface area contributed by atoms with Crippen molar-refractivity contribution in [1.29, 1.82) is 5.26 Å². The lowest BCUT2D eigenvalue weighted by Crippen LogP contribution is -2.04. The van der Waals surface area contributed by atoms with Crippen molar-refractivity contribution >= 4 is 17.1 Å². The minimum absolute atomic E-state index is 0.0770. The fourth-order valence-electron chi connectivity index (χ4n) is 4.95. The molecular formula is C33H20FN7O. The van der Waals surface area contributed by atoms with Crippen LogP contribution in [0.25, 0.3) is 45.1 Å². The normalized spacial score (nSPS) is 11.1. The molecule has 0 spiro atoms. The van der Waals surface area contributed by atoms with E-state index in [1.165, 1.54) is 12.1 Å². The van der Waals surface area contributed by atoms with E-state index in [0.29, 0.717) is 33.9 Å². The Morgan fingerprint density at radius 1 is 0.857 bits per heavy atom. The van der Waals surface area contributed by atoms with Gasteiger partial charge in [0.05, 0.1) is 35.6 Å². The summed E-state index contributed by atoms with van der Waals surface area (Å²) in [5.74, 6) is -0.442. The smallest absolute Gasteiger partial charge is 0.170 e. The summed E-state index contributed by atoms with van der Waals surface area (Å²) in [5.41, 5.74) is 7.46. The number of Topliss-reactive ketones (excluding diaryl/α,β-unsaturated/α-hetero) is 1. The summed E-state index contributed by atoms with van der Waals surface area (Å²) in [6, 6.07) is 26.7. The molecule has 7 rings (SSSR count). The first-order valence-electron chi connectivity index (χ1n) is 13.1. The van der Waals surface area contributed by atoms with Crippen LogP contribution in [-0.4, -0.2) is 34.7 Å². The van der Waals surface area contributed by atoms with Gasteiger partial charge in [-0.1, -0.05) is 18.2 Å². The number of carbonyl (C=O) groups excluding carboxylic acids is 1. The fourth-order valence-corrected chi connectivity index (χ4v) is 4.95. The summed E-state index contributed by atoms with van der Waals surface area (Å²) >= 11 is 0. The molecule has 0 aliphatic heterocycles. The molecule has 5 heterocycles. The maximum absolute atomic E-state index is 13.6. The number of pyridine rings is 2. The van der Waals surface area contributed by atoms with Crippen molar-refractivity contribution in [2.24, 2.45) is 0 Å². The van der Waals surface area contributed by atoms with E-state index in [1.807, 2.05) is 53.1 Å². The minimum atomic E-state index is -0.319. The number of aromatic nitrogens is 6. The largest absolute Gasteiger partial charge is 0.298 e. The van der Waals surface area contributed by atoms with E-state index in [0.717, 1.165) is 28.0 Å². The summed E-state index contributed by atoms with van der Waals surface area (Å²) in [6.45, 7) is 0. The number of ketones is 1. The van der Waals surface area contributed by atoms with E-state index in [2.05, 4.69) is 16.0 Å². The van der Waals surface area contributed by atoms with E-state index < -0.39 is 0 Å². The van der Waals surface area contributed by atoms with Gasteiger partial charge in [0.2, 0.25) is 0 Å². The van der Waals surface area contributed by atoms with Crippen LogP contribution in [0, 0.1) is 17.1 Å². The van der Waals surface area contributed by atoms with Crippen molar-refractivity contribution in [1.82, 2.24) is 29.0 Å². The van der Waals surface area contributed by atoms with Crippen LogP contribution in [0.1, 0.15) is 21.6 Å². The van der Waals surface area contributed by atoms with E-state index in [1.54, 1.807) is 53.4 Å². The average Bonchev–Trinajstić information content (AvgIpc) is 3.62. The van der Waals surface area contributed by atoms with Gasteiger partial charge in [-0.25, -0.2) is 18.9 Å². The first-order chi connectivity index (χ1) is 20.6. The number of imidazole rings is 2. The molecule has 0 radical (unpaired) electrons. The molecule has 8 nitrogen and oxygen atoms in total. The average molecular weight is 550 g/mol. The summed E-state index contributed by atoms with van der Waals surface area (Å²) < 4.78 is 17.2. The third-order valence-corrected chi connectivity index (χ3v) is 7.01. The summed E-state index contributed by atoms with van der Waals surface area (Å²) in [6.07, 6.45) is 6.97. The highest BCUT2D eigenvalue weighted by Gasteiger charge is 2.19. The van der Waals surface area contributed by atoms with Crippen LogP contribution in [0.5, 0.6) is 0 Å². The second-order valence-corrected chi connectivity index (χ2v) is 9.75. The Labute approximate surface area is 239 Å². The van der Waals surface area contributed by atoms with Gasteiger partial charge in [-0.15, -0.1) is 0 Å². The minimum Gasteiger partial charge on any atom is -0.298 e. The highest BCUT2D eigenvalue weighted by molar-refractivity contribution is 5.98. The van der Waals surface area contributed by atoms with Crippen LogP contribution in [-0.2, 0) is 6.42 Å². The van der Waals surface area contributed by atoms with Gasteiger partial charge in [-0.2, -0.15) is 10.4 Å². The second-order valence-electron chi connectivity index (χ2n) is 9.75. The molecular weight excluding hydrogens is 529 g/mol. The zero-order valence-corrected chi connectivity index (χ0v) is 22.0. The molecule has 200 valence electrons. The molecule has 42 heavy (non-hydrogen) atoms. The lowest BCUT2D eigenvalue weighted by atomic mass is 10.0. The van der Waals surface area contributed by atoms with Gasteiger partial charge in [0.25, 0.3) is 0 Å². The number of fused-ring (bicyclic) bond motifs is 2. The van der Waals surface area contributed by atoms with Crippen molar-refractivity contribution in [3.63, 3.8) is 0 Å². The first-order valence-corrected chi connectivity index (χ1v) is 13.1. The molecule has 7 aromatic rings. The van der Waals surface area contributed by atoms with Crippen LogP contribution >= 0.6 is 0 Å². The van der Waals surface area contributed by atoms with Crippen molar-refractivity contribution in [3.05, 3.63) is 132 Å². The standard InChI is InChI=1S/C33H20FN7O/c34-26-10-8-23(9-11-26)32-33(40-14-2-1-3-30(40)38-32)28-12-13-31-37-27(20-41(31)39-28)16-29(42)25-15-24(18-36-19-25)22-6-4-21(17-35)5-7-22/h1-15,18-20H,16H2. The van der Waals surface area contributed by atoms with Crippen LogP contribution < -0.4 is 0 Å². The topological polar surface area (TPSA) is 101 Å². The molecule has 0 aliphatic carbocycles. The number of nitrogens with zero attached hydrogens (tertiary/aromatic N) is 7. The Kier molecular flexibility index (Phi) is 6.06. The van der Waals surface area contributed by atoms with Gasteiger partial charge in [-0.3, -0.25) is 14.2 Å². The number of nitriles is 1. The summed E-state index contributed by atoms with van der Waals surface area (Å²) in [7, 11) is 0. The van der Waals surface area contributed by atoms with Gasteiger partial charge < -0.3 is 0 Å². The monoisotopic (exact) mass is 549 g/mol. The van der Waals surface area contributed by atoms with E-state index in [-0.39, 0.29) is 18.0 Å². The van der Waals surface area contributed by atoms with Crippen molar-refractivity contribution in [3.8, 4) is 39.8 Å². The van der Waals surface area contributed by atoms with Crippen molar-refractivity contribution in [2.45, 2.75) is 6.42 Å². The number of benzene rings is 2. The predicted octanol–water partition coefficient (Wildman–Crippen LogP) is 6.21. The Morgan fingerprint density at radius 3 is 2.48 bits per heavy atom. The molecule has 0 bridgehead atoms. The highest BCUT2D eigenvalue weighted by Crippen LogP contribution is 2.32. The zero-order valence-electron chi connectivity index (χ0n) is 22.0. The Morgan fingerprint density at radius 2 is 1.67 bits per heavy atom. The molecule has 0 saturated carbocycles. The third-order valence-electron chi connectivity index (χ3n) is 7.01. The Hall–Kier alpha value is -6.01. The second kappa shape index (κ2) is 10.2. The molecule has 0 aliphatic rings. The van der Waals surface area contributed by atoms with Crippen LogP contribution in [0.2, 0.25) is 0 Å². The van der Waals surface area contributed by atoms with Crippen LogP contribution in [0.15, 0.2) is 110 Å². The molecule has 0 unspecified atom stereocenters. The predicted molar refractivity (Wildman–Crippen MR) is 155 cm³/mol. The quantitative estimate of drug-likeness (QED) is 0.229. The van der Waals surface area contributed by atoms with Gasteiger partial charge in [0.15, 0.2) is 11.4 Å². The molecule has 9 heteroatoms. The first kappa shape index (κ1) is 25.0. The Balaban J connectivity index is 1.20. The summed E-state index contributed by atoms with van der Waals surface area (Å²) in [5, 5.41) is 13.9. The number of hydrogen-bond acceptors (Lipinski definition) is 6. The van der Waals surface area contributed by atoms with Gasteiger partial charge in [-0.05, 0) is 72.3 Å². The third kappa shape index (κ3) is 4.57. The lowest BCUT2D eigenvalue weighted by Gasteiger charge is -2.05. The van der Waals surface area contributed by atoms with Gasteiger partial charge in [0.1, 0.15) is 22.9 Å². The van der Waals surface area contributed by atoms with E-state index in [4.69, 9.17) is 15.3 Å². The molecule has 0 fully saturated rings. The lowest BCUT2D eigenvalue weighted by molar-refractivity contribution is 0.0991. The molecule has 2 aromatic carbocycles. The van der Waals surface area contributed by atoms with Gasteiger partial charge in [0, 0.05) is 35.3 Å². The van der Waals surface area contributed by atoms with E-state index in [9.17, 15) is 9.18 Å². The molecule has 0 saturated heterocycles. The number of rotatable bonds is 6. The summed E-state index contributed by atoms with van der Waals surface area (Å²) in [4.78, 5) is 26.9. The van der Waals surface area contributed by atoms with Gasteiger partial charge >= 0.3 is 0 Å². The number of hydrogen-bond donors (Lipinski definition) is 0. The zero-order chi connectivity index (χ0) is 28.6. The molecule has 5 aromatic heterocycles. The van der Waals surface area contributed by atoms with Crippen LogP contribution in [0.3, 0.4) is 0 Å². The molecule has 0 atom stereocenters. The number of carbonyl (C=O) groups is 1. The maximum atomic E-state index is 13.6. The fraction of sp³-hybridized carbons (Fsp3) is 0.0303. The number of halogens is 1. The molecule has 0 amide bonds. The molecule has 0 N–H and O–H groups in total. The SMILES string of the molecule is N#Cc1ccc(-c2cncc(C(=O)Cc3cn4nc(-c5c(-c6ccc(F)cc6)nc6ccccn56)ccc4n3)c2)cc1. The highest BCUT2D eigenvalue weighted by atomic mass is 19.1. The maximum Gasteiger partial charge on any atom is 0.170 e. The van der Waals surface area contributed by atoms with Crippen molar-refractivity contribution < 1.29 is 9.18 Å².